The molecule has 1 heterocycles. The molecule has 5 heteroatoms. The number of hydrogen-bond acceptors (Lipinski definition) is 4. The summed E-state index contributed by atoms with van der Waals surface area (Å²) in [5, 5.41) is 10.6. The second-order valence-electron chi connectivity index (χ2n) is 5.88. The van der Waals surface area contributed by atoms with E-state index >= 15 is 0 Å². The van der Waals surface area contributed by atoms with Crippen molar-refractivity contribution in [3.05, 3.63) is 29.8 Å². The second kappa shape index (κ2) is 4.65. The highest BCUT2D eigenvalue weighted by atomic mass is 16.7. The summed E-state index contributed by atoms with van der Waals surface area (Å²) >= 11 is 0. The van der Waals surface area contributed by atoms with E-state index in [-0.39, 0.29) is 6.42 Å². The Morgan fingerprint density at radius 2 is 1.79 bits per heavy atom. The van der Waals surface area contributed by atoms with Gasteiger partial charge in [0.05, 0.1) is 11.2 Å². The van der Waals surface area contributed by atoms with Crippen molar-refractivity contribution >= 4 is 18.6 Å². The summed E-state index contributed by atoms with van der Waals surface area (Å²) in [6, 6.07) is 7.22. The van der Waals surface area contributed by atoms with E-state index < -0.39 is 24.3 Å². The number of aliphatic carboxylic acids is 1. The number of carbonyl (C=O) groups is 1. The quantitative estimate of drug-likeness (QED) is 0.733. The zero-order chi connectivity index (χ0) is 14.3. The van der Waals surface area contributed by atoms with Gasteiger partial charge in [-0.1, -0.05) is 24.3 Å². The maximum absolute atomic E-state index is 10.6. The molecule has 4 nitrogen and oxygen atoms in total. The van der Waals surface area contributed by atoms with Crippen LogP contribution in [0.4, 0.5) is 0 Å². The van der Waals surface area contributed by atoms with Crippen molar-refractivity contribution in [3.63, 3.8) is 0 Å². The molecule has 0 bridgehead atoms. The van der Waals surface area contributed by atoms with Gasteiger partial charge in [0.25, 0.3) is 0 Å². The molecule has 2 rings (SSSR count). The van der Waals surface area contributed by atoms with Crippen molar-refractivity contribution in [2.75, 3.05) is 0 Å². The third kappa shape index (κ3) is 2.82. The van der Waals surface area contributed by atoms with E-state index in [4.69, 9.17) is 9.31 Å². The lowest BCUT2D eigenvalue weighted by atomic mass is 9.78. The Bertz CT molecular complexity index is 480. The highest BCUT2D eigenvalue weighted by Gasteiger charge is 2.51. The van der Waals surface area contributed by atoms with Gasteiger partial charge in [-0.3, -0.25) is 0 Å². The predicted molar refractivity (Wildman–Crippen MR) is 70.9 cm³/mol. The van der Waals surface area contributed by atoms with Gasteiger partial charge in [-0.25, -0.2) is 0 Å². The number of carbonyl (C=O) groups excluding carboxylic acids is 1. The molecule has 0 amide bonds. The minimum atomic E-state index is -1.09. The van der Waals surface area contributed by atoms with Crippen LogP contribution in [0.5, 0.6) is 0 Å². The lowest BCUT2D eigenvalue weighted by molar-refractivity contribution is -0.304. The first-order valence-corrected chi connectivity index (χ1v) is 6.36. The van der Waals surface area contributed by atoms with Crippen LogP contribution in [0, 0.1) is 0 Å². The molecule has 0 saturated carbocycles. The normalized spacial score (nSPS) is 20.5. The van der Waals surface area contributed by atoms with Crippen LogP contribution in [0.15, 0.2) is 24.3 Å². The third-order valence-corrected chi connectivity index (χ3v) is 3.82. The van der Waals surface area contributed by atoms with Gasteiger partial charge in [0.1, 0.15) is 0 Å². The fourth-order valence-corrected chi connectivity index (χ4v) is 2.00. The van der Waals surface area contributed by atoms with E-state index in [1.807, 2.05) is 33.8 Å². The monoisotopic (exact) mass is 261 g/mol. The van der Waals surface area contributed by atoms with Crippen molar-refractivity contribution in [2.24, 2.45) is 0 Å². The molecule has 0 aromatic heterocycles. The molecule has 1 aliphatic rings. The molecular weight excluding hydrogens is 243 g/mol. The summed E-state index contributed by atoms with van der Waals surface area (Å²) in [5.41, 5.74) is 0.717. The first-order chi connectivity index (χ1) is 8.71. The molecule has 1 aromatic rings. The number of hydrogen-bond donors (Lipinski definition) is 0. The third-order valence-electron chi connectivity index (χ3n) is 3.82. The van der Waals surface area contributed by atoms with Gasteiger partial charge in [-0.05, 0) is 38.7 Å². The fraction of sp³-hybridized carbons (Fsp3) is 0.500. The predicted octanol–water partition coefficient (Wildman–Crippen LogP) is 0.278. The van der Waals surface area contributed by atoms with Crippen LogP contribution < -0.4 is 10.6 Å². The maximum atomic E-state index is 10.6. The van der Waals surface area contributed by atoms with Crippen LogP contribution >= 0.6 is 0 Å². The van der Waals surface area contributed by atoms with E-state index in [0.717, 1.165) is 5.46 Å². The van der Waals surface area contributed by atoms with Gasteiger partial charge >= 0.3 is 7.12 Å². The summed E-state index contributed by atoms with van der Waals surface area (Å²) < 4.78 is 11.8. The molecule has 1 fully saturated rings. The van der Waals surface area contributed by atoms with E-state index in [9.17, 15) is 9.90 Å². The SMILES string of the molecule is CC1(C)OB(c2cccc(CC(=O)[O-])c2)OC1(C)C. The number of carboxylic acids is 1. The Hall–Kier alpha value is -1.33. The fourth-order valence-electron chi connectivity index (χ4n) is 2.00. The van der Waals surface area contributed by atoms with E-state index in [1.54, 1.807) is 18.2 Å². The largest absolute Gasteiger partial charge is 0.550 e. The molecule has 1 saturated heterocycles. The van der Waals surface area contributed by atoms with Gasteiger partial charge in [0.2, 0.25) is 0 Å². The number of carboxylic acid groups (broad SMARTS) is 1. The second-order valence-corrected chi connectivity index (χ2v) is 5.88. The van der Waals surface area contributed by atoms with Crippen molar-refractivity contribution in [1.29, 1.82) is 0 Å². The summed E-state index contributed by atoms with van der Waals surface area (Å²) in [4.78, 5) is 10.6. The molecule has 0 atom stereocenters. The minimum absolute atomic E-state index is 0.104. The summed E-state index contributed by atoms with van der Waals surface area (Å²) in [6.07, 6.45) is -0.104. The average molecular weight is 261 g/mol. The molecule has 19 heavy (non-hydrogen) atoms. The van der Waals surface area contributed by atoms with Crippen LogP contribution in [-0.4, -0.2) is 24.3 Å². The molecule has 0 unspecified atom stereocenters. The van der Waals surface area contributed by atoms with Gasteiger partial charge in [-0.2, -0.15) is 0 Å². The standard InChI is InChI=1S/C14H19BO4/c1-13(2)14(3,4)19-15(18-13)11-7-5-6-10(8-11)9-12(16)17/h5-8H,9H2,1-4H3,(H,16,17)/p-1. The first kappa shape index (κ1) is 14.1. The average Bonchev–Trinajstić information content (AvgIpc) is 2.47. The van der Waals surface area contributed by atoms with Gasteiger partial charge < -0.3 is 19.2 Å². The molecule has 0 radical (unpaired) electrons. The zero-order valence-electron chi connectivity index (χ0n) is 11.7. The highest BCUT2D eigenvalue weighted by Crippen LogP contribution is 2.36. The van der Waals surface area contributed by atoms with Crippen LogP contribution in [-0.2, 0) is 20.5 Å². The van der Waals surface area contributed by atoms with Gasteiger partial charge in [0.15, 0.2) is 0 Å². The molecule has 0 aliphatic carbocycles. The van der Waals surface area contributed by atoms with E-state index in [2.05, 4.69) is 0 Å². The minimum Gasteiger partial charge on any atom is -0.550 e. The Morgan fingerprint density at radius 1 is 1.21 bits per heavy atom. The van der Waals surface area contributed by atoms with Gasteiger partial charge in [-0.15, -0.1) is 0 Å². The molecule has 102 valence electrons. The molecule has 1 aromatic carbocycles. The number of benzene rings is 1. The summed E-state index contributed by atoms with van der Waals surface area (Å²) in [7, 11) is -0.466. The Kier molecular flexibility index (Phi) is 3.45. The van der Waals surface area contributed by atoms with Crippen molar-refractivity contribution in [1.82, 2.24) is 0 Å². The smallest absolute Gasteiger partial charge is 0.494 e. The maximum Gasteiger partial charge on any atom is 0.494 e. The Labute approximate surface area is 113 Å². The topological polar surface area (TPSA) is 58.6 Å². The summed E-state index contributed by atoms with van der Waals surface area (Å²) in [6.45, 7) is 7.94. The van der Waals surface area contributed by atoms with Gasteiger partial charge in [0, 0.05) is 12.4 Å². The van der Waals surface area contributed by atoms with Crippen LogP contribution in [0.25, 0.3) is 0 Å². The van der Waals surface area contributed by atoms with Crippen LogP contribution in [0.3, 0.4) is 0 Å². The lowest BCUT2D eigenvalue weighted by Crippen LogP contribution is -2.41. The molecular formula is C14H18BO4-. The van der Waals surface area contributed by atoms with Crippen LogP contribution in [0.2, 0.25) is 0 Å². The van der Waals surface area contributed by atoms with Crippen molar-refractivity contribution in [3.8, 4) is 0 Å². The van der Waals surface area contributed by atoms with Crippen molar-refractivity contribution < 1.29 is 19.2 Å². The first-order valence-electron chi connectivity index (χ1n) is 6.36. The van der Waals surface area contributed by atoms with E-state index in [0.29, 0.717) is 5.56 Å². The molecule has 1 aliphatic heterocycles. The Balaban J connectivity index is 2.22. The van der Waals surface area contributed by atoms with Crippen LogP contribution in [0.1, 0.15) is 33.3 Å². The molecule has 0 spiro atoms. The lowest BCUT2D eigenvalue weighted by Gasteiger charge is -2.32. The highest BCUT2D eigenvalue weighted by molar-refractivity contribution is 6.62. The summed E-state index contributed by atoms with van der Waals surface area (Å²) in [5.74, 6) is -1.09. The van der Waals surface area contributed by atoms with E-state index in [1.165, 1.54) is 0 Å². The zero-order valence-corrected chi connectivity index (χ0v) is 11.7. The molecule has 0 N–H and O–H groups in total. The number of rotatable bonds is 3. The van der Waals surface area contributed by atoms with Crippen molar-refractivity contribution in [2.45, 2.75) is 45.3 Å². The Morgan fingerprint density at radius 3 is 2.32 bits per heavy atom.